The molecule has 4 N–H and O–H groups in total. The molecule has 0 bridgehead atoms. The number of nitrogens with one attached hydrogen (secondary N) is 2. The first-order valence-corrected chi connectivity index (χ1v) is 4.68. The third-order valence-corrected chi connectivity index (χ3v) is 2.14. The van der Waals surface area contributed by atoms with Crippen molar-refractivity contribution >= 4 is 16.8 Å². The van der Waals surface area contributed by atoms with Crippen molar-refractivity contribution in [2.75, 3.05) is 6.54 Å². The van der Waals surface area contributed by atoms with Crippen LogP contribution in [0.5, 0.6) is 0 Å². The van der Waals surface area contributed by atoms with Crippen molar-refractivity contribution in [2.45, 2.75) is 6.54 Å². The Hall–Kier alpha value is -1.88. The Morgan fingerprint density at radius 3 is 3.20 bits per heavy atom. The number of fused-ring (bicyclic) bond motifs is 1. The lowest BCUT2D eigenvalue weighted by atomic mass is 10.3. The van der Waals surface area contributed by atoms with Crippen molar-refractivity contribution in [3.63, 3.8) is 0 Å². The molecule has 0 spiro atoms. The van der Waals surface area contributed by atoms with Gasteiger partial charge in [0.25, 0.3) is 0 Å². The normalized spacial score (nSPS) is 10.5. The van der Waals surface area contributed by atoms with Crippen LogP contribution in [0.4, 0.5) is 0 Å². The van der Waals surface area contributed by atoms with Crippen molar-refractivity contribution in [3.8, 4) is 0 Å². The van der Waals surface area contributed by atoms with Crippen LogP contribution < -0.4 is 11.1 Å². The average Bonchev–Trinajstić information content (AvgIpc) is 2.68. The monoisotopic (exact) mass is 204 g/mol. The summed E-state index contributed by atoms with van der Waals surface area (Å²) in [4.78, 5) is 18.1. The maximum absolute atomic E-state index is 10.9. The summed E-state index contributed by atoms with van der Waals surface area (Å²) >= 11 is 0. The number of rotatable bonds is 3. The average molecular weight is 204 g/mol. The number of H-pyrrole nitrogens is 1. The van der Waals surface area contributed by atoms with Gasteiger partial charge in [-0.15, -0.1) is 0 Å². The molecular formula is C10H12N4O. The Morgan fingerprint density at radius 2 is 2.47 bits per heavy atom. The summed E-state index contributed by atoms with van der Waals surface area (Å²) in [7, 11) is 0. The fourth-order valence-electron chi connectivity index (χ4n) is 1.39. The van der Waals surface area contributed by atoms with Crippen molar-refractivity contribution in [1.29, 1.82) is 0 Å². The first kappa shape index (κ1) is 9.67. The second-order valence-corrected chi connectivity index (χ2v) is 3.24. The van der Waals surface area contributed by atoms with Gasteiger partial charge in [-0.05, 0) is 12.1 Å². The van der Waals surface area contributed by atoms with Gasteiger partial charge >= 0.3 is 0 Å². The SMILES string of the molecule is NCC(=O)NCc1cc2cnccc2[nH]1. The quantitative estimate of drug-likeness (QED) is 0.664. The van der Waals surface area contributed by atoms with Crippen LogP contribution in [-0.2, 0) is 11.3 Å². The minimum Gasteiger partial charge on any atom is -0.357 e. The Bertz CT molecular complexity index is 444. The van der Waals surface area contributed by atoms with Gasteiger partial charge in [0.2, 0.25) is 5.91 Å². The Balaban J connectivity index is 2.12. The van der Waals surface area contributed by atoms with Crippen LogP contribution in [0.15, 0.2) is 24.5 Å². The lowest BCUT2D eigenvalue weighted by Crippen LogP contribution is -2.29. The van der Waals surface area contributed by atoms with Crippen molar-refractivity contribution in [3.05, 3.63) is 30.2 Å². The zero-order valence-corrected chi connectivity index (χ0v) is 8.16. The van der Waals surface area contributed by atoms with E-state index in [1.165, 1.54) is 0 Å². The molecule has 5 heteroatoms. The zero-order chi connectivity index (χ0) is 10.7. The van der Waals surface area contributed by atoms with E-state index in [1.54, 1.807) is 12.4 Å². The van der Waals surface area contributed by atoms with Crippen LogP contribution in [0.1, 0.15) is 5.69 Å². The fourth-order valence-corrected chi connectivity index (χ4v) is 1.39. The third kappa shape index (κ3) is 2.13. The molecule has 15 heavy (non-hydrogen) atoms. The number of hydrogen-bond donors (Lipinski definition) is 3. The molecule has 0 aliphatic carbocycles. The van der Waals surface area contributed by atoms with Crippen LogP contribution in [-0.4, -0.2) is 22.4 Å². The van der Waals surface area contributed by atoms with E-state index < -0.39 is 0 Å². The van der Waals surface area contributed by atoms with Crippen molar-refractivity contribution in [2.24, 2.45) is 5.73 Å². The van der Waals surface area contributed by atoms with Gasteiger partial charge in [-0.2, -0.15) is 0 Å². The molecule has 2 heterocycles. The van der Waals surface area contributed by atoms with Gasteiger partial charge in [0.15, 0.2) is 0 Å². The van der Waals surface area contributed by atoms with E-state index in [-0.39, 0.29) is 12.5 Å². The topological polar surface area (TPSA) is 83.8 Å². The van der Waals surface area contributed by atoms with E-state index in [0.717, 1.165) is 16.6 Å². The van der Waals surface area contributed by atoms with Gasteiger partial charge < -0.3 is 16.0 Å². The number of aromatic amines is 1. The maximum Gasteiger partial charge on any atom is 0.234 e. The number of aromatic nitrogens is 2. The fraction of sp³-hybridized carbons (Fsp3) is 0.200. The Kier molecular flexibility index (Phi) is 2.64. The lowest BCUT2D eigenvalue weighted by molar-refractivity contribution is -0.119. The van der Waals surface area contributed by atoms with Gasteiger partial charge in [-0.3, -0.25) is 9.78 Å². The minimum atomic E-state index is -0.160. The number of pyridine rings is 1. The van der Waals surface area contributed by atoms with Crippen LogP contribution >= 0.6 is 0 Å². The molecule has 0 aromatic carbocycles. The van der Waals surface area contributed by atoms with Crippen LogP contribution in [0.2, 0.25) is 0 Å². The summed E-state index contributed by atoms with van der Waals surface area (Å²) in [6, 6.07) is 3.85. The molecule has 0 unspecified atom stereocenters. The highest BCUT2D eigenvalue weighted by atomic mass is 16.1. The molecule has 0 saturated carbocycles. The molecule has 0 aliphatic rings. The summed E-state index contributed by atoms with van der Waals surface area (Å²) < 4.78 is 0. The molecule has 78 valence electrons. The van der Waals surface area contributed by atoms with E-state index in [4.69, 9.17) is 5.73 Å². The van der Waals surface area contributed by atoms with E-state index in [9.17, 15) is 4.79 Å². The summed E-state index contributed by atoms with van der Waals surface area (Å²) in [5.41, 5.74) is 7.14. The summed E-state index contributed by atoms with van der Waals surface area (Å²) in [5, 5.41) is 3.73. The van der Waals surface area contributed by atoms with E-state index in [1.807, 2.05) is 12.1 Å². The zero-order valence-electron chi connectivity index (χ0n) is 8.16. The van der Waals surface area contributed by atoms with Crippen molar-refractivity contribution < 1.29 is 4.79 Å². The highest BCUT2D eigenvalue weighted by Crippen LogP contribution is 2.12. The standard InChI is InChI=1S/C10H12N4O/c11-4-10(15)13-6-8-3-7-5-12-2-1-9(7)14-8/h1-3,5,14H,4,6,11H2,(H,13,15). The predicted molar refractivity (Wildman–Crippen MR) is 57.0 cm³/mol. The minimum absolute atomic E-state index is 0.0157. The maximum atomic E-state index is 10.9. The first-order chi connectivity index (χ1) is 7.29. The number of amides is 1. The number of nitrogens with zero attached hydrogens (tertiary/aromatic N) is 1. The molecule has 5 nitrogen and oxygen atoms in total. The molecule has 2 aromatic rings. The largest absolute Gasteiger partial charge is 0.357 e. The second-order valence-electron chi connectivity index (χ2n) is 3.24. The summed E-state index contributed by atoms with van der Waals surface area (Å²) in [5.74, 6) is -0.160. The molecule has 0 saturated heterocycles. The van der Waals surface area contributed by atoms with Crippen LogP contribution in [0.25, 0.3) is 10.9 Å². The van der Waals surface area contributed by atoms with Gasteiger partial charge in [0, 0.05) is 29.0 Å². The molecule has 1 amide bonds. The summed E-state index contributed by atoms with van der Waals surface area (Å²) in [6.45, 7) is 0.479. The molecule has 0 aliphatic heterocycles. The van der Waals surface area contributed by atoms with Crippen molar-refractivity contribution in [1.82, 2.24) is 15.3 Å². The van der Waals surface area contributed by atoms with E-state index >= 15 is 0 Å². The predicted octanol–water partition coefficient (Wildman–Crippen LogP) is 0.138. The van der Waals surface area contributed by atoms with Gasteiger partial charge in [-0.25, -0.2) is 0 Å². The van der Waals surface area contributed by atoms with Gasteiger partial charge in [-0.1, -0.05) is 0 Å². The van der Waals surface area contributed by atoms with E-state index in [0.29, 0.717) is 6.54 Å². The third-order valence-electron chi connectivity index (χ3n) is 2.14. The number of nitrogens with two attached hydrogens (primary N) is 1. The van der Waals surface area contributed by atoms with Gasteiger partial charge in [0.05, 0.1) is 13.1 Å². The van der Waals surface area contributed by atoms with Crippen LogP contribution in [0.3, 0.4) is 0 Å². The lowest BCUT2D eigenvalue weighted by Gasteiger charge is -1.99. The Labute approximate surface area is 86.7 Å². The summed E-state index contributed by atoms with van der Waals surface area (Å²) in [6.07, 6.45) is 3.50. The first-order valence-electron chi connectivity index (χ1n) is 4.68. The molecule has 2 aromatic heterocycles. The highest BCUT2D eigenvalue weighted by Gasteiger charge is 2.01. The molecular weight excluding hydrogens is 192 g/mol. The molecule has 0 atom stereocenters. The van der Waals surface area contributed by atoms with E-state index in [2.05, 4.69) is 15.3 Å². The molecule has 2 rings (SSSR count). The Morgan fingerprint density at radius 1 is 1.60 bits per heavy atom. The molecule has 0 fully saturated rings. The second kappa shape index (κ2) is 4.10. The van der Waals surface area contributed by atoms with Gasteiger partial charge in [0.1, 0.15) is 0 Å². The number of hydrogen-bond acceptors (Lipinski definition) is 3. The highest BCUT2D eigenvalue weighted by molar-refractivity contribution is 5.80. The van der Waals surface area contributed by atoms with Crippen LogP contribution in [0, 0.1) is 0 Å². The smallest absolute Gasteiger partial charge is 0.234 e. The number of carbonyl (C=O) groups is 1. The molecule has 0 radical (unpaired) electrons. The number of carbonyl (C=O) groups excluding carboxylic acids is 1.